The van der Waals surface area contributed by atoms with E-state index in [1.165, 1.54) is 12.3 Å². The molecule has 31 heavy (non-hydrogen) atoms. The average molecular weight is 479 g/mol. The van der Waals surface area contributed by atoms with Gasteiger partial charge >= 0.3 is 10.2 Å². The molecule has 2 aromatic rings. The number of aromatic nitrogens is 1. The third-order valence-corrected chi connectivity index (χ3v) is 6.11. The first-order valence-corrected chi connectivity index (χ1v) is 10.8. The van der Waals surface area contributed by atoms with Gasteiger partial charge in [0.15, 0.2) is 11.6 Å². The van der Waals surface area contributed by atoms with E-state index in [0.29, 0.717) is 35.2 Å². The Balaban J connectivity index is 1.79. The predicted molar refractivity (Wildman–Crippen MR) is 107 cm³/mol. The number of benzene rings is 1. The molecule has 2 heterocycles. The van der Waals surface area contributed by atoms with Crippen molar-refractivity contribution < 1.29 is 31.1 Å². The molecule has 1 amide bonds. The lowest BCUT2D eigenvalue weighted by Gasteiger charge is -2.18. The molecule has 1 aromatic carbocycles. The molecule has 1 aliphatic heterocycles. The average Bonchev–Trinajstić information content (AvgIpc) is 3.10. The van der Waals surface area contributed by atoms with Gasteiger partial charge in [-0.15, -0.1) is 0 Å². The lowest BCUT2D eigenvalue weighted by atomic mass is 10.2. The van der Waals surface area contributed by atoms with Crippen molar-refractivity contribution in [3.05, 3.63) is 46.6 Å². The number of hydrogen-bond donors (Lipinski definition) is 1. The van der Waals surface area contributed by atoms with Crippen molar-refractivity contribution in [3.63, 3.8) is 0 Å². The molecule has 1 fully saturated rings. The quantitative estimate of drug-likeness (QED) is 0.686. The van der Waals surface area contributed by atoms with E-state index in [2.05, 4.69) is 4.98 Å². The zero-order valence-electron chi connectivity index (χ0n) is 16.4. The molecule has 0 saturated carbocycles. The molecule has 1 unspecified atom stereocenters. The van der Waals surface area contributed by atoms with Gasteiger partial charge in [-0.3, -0.25) is 4.79 Å². The van der Waals surface area contributed by atoms with Crippen molar-refractivity contribution in [2.75, 3.05) is 32.1 Å². The van der Waals surface area contributed by atoms with Crippen LogP contribution in [0.3, 0.4) is 0 Å². The summed E-state index contributed by atoms with van der Waals surface area (Å²) in [7, 11) is -1.87. The second kappa shape index (κ2) is 8.89. The van der Waals surface area contributed by atoms with Crippen LogP contribution in [0.1, 0.15) is 16.8 Å². The van der Waals surface area contributed by atoms with Gasteiger partial charge < -0.3 is 9.64 Å². The van der Waals surface area contributed by atoms with Crippen LogP contribution in [0.2, 0.25) is 5.02 Å². The van der Waals surface area contributed by atoms with Gasteiger partial charge in [0.25, 0.3) is 5.91 Å². The van der Waals surface area contributed by atoms with Crippen LogP contribution in [0.25, 0.3) is 0 Å². The molecule has 168 valence electrons. The first kappa shape index (κ1) is 23.1. The molecule has 0 spiro atoms. The van der Waals surface area contributed by atoms with E-state index in [1.54, 1.807) is 9.62 Å². The third kappa shape index (κ3) is 5.20. The topological polar surface area (TPSA) is 91.8 Å². The van der Waals surface area contributed by atoms with E-state index in [1.807, 2.05) is 0 Å². The van der Waals surface area contributed by atoms with Gasteiger partial charge in [0.2, 0.25) is 0 Å². The highest BCUT2D eigenvalue weighted by Crippen LogP contribution is 2.33. The number of amides is 1. The standard InChI is InChI=1S/C18H18ClF3N4O4S/c1-25(2)31(28,29)24-18(27)12-6-15(22)16(7-14(12)21)30-11-5-13(19)17(23-8-11)26-4-3-10(20)9-26/h5-8,10H,3-4,9H2,1-2H3,(H,24,27). The summed E-state index contributed by atoms with van der Waals surface area (Å²) in [5.41, 5.74) is -0.823. The first-order chi connectivity index (χ1) is 14.5. The smallest absolute Gasteiger partial charge is 0.303 e. The molecule has 0 radical (unpaired) electrons. The summed E-state index contributed by atoms with van der Waals surface area (Å²) in [6.45, 7) is 0.598. The van der Waals surface area contributed by atoms with Crippen LogP contribution in [0.5, 0.6) is 11.5 Å². The van der Waals surface area contributed by atoms with Crippen molar-refractivity contribution in [1.82, 2.24) is 14.0 Å². The number of nitrogens with one attached hydrogen (secondary N) is 1. The van der Waals surface area contributed by atoms with E-state index in [9.17, 15) is 26.4 Å². The Kier molecular flexibility index (Phi) is 6.62. The van der Waals surface area contributed by atoms with E-state index >= 15 is 0 Å². The fourth-order valence-electron chi connectivity index (χ4n) is 2.78. The Morgan fingerprint density at radius 3 is 2.58 bits per heavy atom. The molecule has 0 aliphatic carbocycles. The van der Waals surface area contributed by atoms with Crippen LogP contribution in [0.15, 0.2) is 24.4 Å². The minimum Gasteiger partial charge on any atom is -0.452 e. The van der Waals surface area contributed by atoms with Crippen molar-refractivity contribution in [3.8, 4) is 11.5 Å². The van der Waals surface area contributed by atoms with E-state index in [0.717, 1.165) is 14.1 Å². The van der Waals surface area contributed by atoms with Crippen LogP contribution in [-0.2, 0) is 10.2 Å². The molecule has 8 nitrogen and oxygen atoms in total. The number of ether oxygens (including phenoxy) is 1. The summed E-state index contributed by atoms with van der Waals surface area (Å²) in [5, 5.41) is 0.136. The zero-order valence-corrected chi connectivity index (χ0v) is 18.0. The number of hydrogen-bond acceptors (Lipinski definition) is 6. The van der Waals surface area contributed by atoms with Crippen molar-refractivity contribution in [2.24, 2.45) is 0 Å². The predicted octanol–water partition coefficient (Wildman–Crippen LogP) is 2.89. The van der Waals surface area contributed by atoms with Gasteiger partial charge in [-0.25, -0.2) is 22.9 Å². The highest BCUT2D eigenvalue weighted by atomic mass is 35.5. The highest BCUT2D eigenvalue weighted by Gasteiger charge is 2.25. The second-order valence-corrected chi connectivity index (χ2v) is 9.18. The molecule has 1 aromatic heterocycles. The van der Waals surface area contributed by atoms with Gasteiger partial charge in [0.05, 0.1) is 23.3 Å². The fourth-order valence-corrected chi connectivity index (χ4v) is 3.59. The van der Waals surface area contributed by atoms with Gasteiger partial charge in [0.1, 0.15) is 23.6 Å². The Morgan fingerprint density at radius 1 is 1.29 bits per heavy atom. The summed E-state index contributed by atoms with van der Waals surface area (Å²) in [6.07, 6.45) is 0.597. The highest BCUT2D eigenvalue weighted by molar-refractivity contribution is 7.87. The number of nitrogens with zero attached hydrogens (tertiary/aromatic N) is 3. The van der Waals surface area contributed by atoms with Crippen LogP contribution in [0, 0.1) is 11.6 Å². The number of rotatable bonds is 6. The summed E-state index contributed by atoms with van der Waals surface area (Å²) in [4.78, 5) is 17.8. The zero-order chi connectivity index (χ0) is 22.9. The SMILES string of the molecule is CN(C)S(=O)(=O)NC(=O)c1cc(F)c(Oc2cnc(N3CCC(F)C3)c(Cl)c2)cc1F. The first-order valence-electron chi connectivity index (χ1n) is 8.94. The molecule has 0 bridgehead atoms. The molecule has 1 atom stereocenters. The number of carbonyl (C=O) groups excluding carboxylic acids is 1. The van der Waals surface area contributed by atoms with Crippen LogP contribution < -0.4 is 14.4 Å². The molecule has 1 saturated heterocycles. The van der Waals surface area contributed by atoms with Crippen LogP contribution in [0.4, 0.5) is 19.0 Å². The monoisotopic (exact) mass is 478 g/mol. The molecule has 1 N–H and O–H groups in total. The molecule has 3 rings (SSSR count). The van der Waals surface area contributed by atoms with Crippen LogP contribution in [-0.4, -0.2) is 57.0 Å². The van der Waals surface area contributed by atoms with E-state index < -0.39 is 45.2 Å². The van der Waals surface area contributed by atoms with E-state index in [-0.39, 0.29) is 17.3 Å². The molecule has 1 aliphatic rings. The Bertz CT molecular complexity index is 1120. The largest absolute Gasteiger partial charge is 0.452 e. The Hall–Kier alpha value is -2.57. The number of halogens is 4. The van der Waals surface area contributed by atoms with Crippen molar-refractivity contribution >= 4 is 33.5 Å². The summed E-state index contributed by atoms with van der Waals surface area (Å²) in [5.74, 6) is -3.91. The van der Waals surface area contributed by atoms with Gasteiger partial charge in [-0.1, -0.05) is 11.6 Å². The Labute approximate surface area is 181 Å². The summed E-state index contributed by atoms with van der Waals surface area (Å²) in [6, 6.07) is 2.43. The second-order valence-electron chi connectivity index (χ2n) is 6.89. The minimum atomic E-state index is -4.19. The van der Waals surface area contributed by atoms with Crippen molar-refractivity contribution in [2.45, 2.75) is 12.6 Å². The fraction of sp³-hybridized carbons (Fsp3) is 0.333. The number of anilines is 1. The lowest BCUT2D eigenvalue weighted by Crippen LogP contribution is -2.39. The normalized spacial score (nSPS) is 16.6. The molecule has 13 heteroatoms. The van der Waals surface area contributed by atoms with Crippen LogP contribution >= 0.6 is 11.6 Å². The maximum absolute atomic E-state index is 14.4. The molecular weight excluding hydrogens is 461 g/mol. The minimum absolute atomic E-state index is 0.0181. The summed E-state index contributed by atoms with van der Waals surface area (Å²) < 4.78 is 73.1. The number of pyridine rings is 1. The maximum Gasteiger partial charge on any atom is 0.303 e. The Morgan fingerprint density at radius 2 is 2.00 bits per heavy atom. The van der Waals surface area contributed by atoms with Gasteiger partial charge in [-0.05, 0) is 12.5 Å². The lowest BCUT2D eigenvalue weighted by molar-refractivity contribution is 0.0975. The van der Waals surface area contributed by atoms with Gasteiger partial charge in [-0.2, -0.15) is 12.7 Å². The van der Waals surface area contributed by atoms with Gasteiger partial charge in [0, 0.05) is 32.8 Å². The third-order valence-electron chi connectivity index (χ3n) is 4.42. The summed E-state index contributed by atoms with van der Waals surface area (Å²) >= 11 is 6.16. The number of alkyl halides is 1. The van der Waals surface area contributed by atoms with Crippen molar-refractivity contribution in [1.29, 1.82) is 0 Å². The number of carbonyl (C=O) groups is 1. The maximum atomic E-state index is 14.4. The van der Waals surface area contributed by atoms with E-state index in [4.69, 9.17) is 16.3 Å². The molecular formula is C18H18ClF3N4O4S.